The Morgan fingerprint density at radius 2 is 1.92 bits per heavy atom. The van der Waals surface area contributed by atoms with Crippen LogP contribution in [0.25, 0.3) is 11.0 Å². The predicted molar refractivity (Wildman–Crippen MR) is 102 cm³/mol. The third-order valence-corrected chi connectivity index (χ3v) is 4.53. The minimum atomic E-state index is 0.0853. The molecule has 1 aromatic heterocycles. The van der Waals surface area contributed by atoms with Crippen LogP contribution in [0.1, 0.15) is 24.2 Å². The second-order valence-corrected chi connectivity index (χ2v) is 6.57. The Bertz CT molecular complexity index is 855. The van der Waals surface area contributed by atoms with Crippen molar-refractivity contribution in [2.24, 2.45) is 0 Å². The van der Waals surface area contributed by atoms with Gasteiger partial charge in [0.15, 0.2) is 0 Å². The molecular formula is C20H22ClN3O. The first-order valence-electron chi connectivity index (χ1n) is 8.56. The van der Waals surface area contributed by atoms with Gasteiger partial charge in [0, 0.05) is 24.5 Å². The van der Waals surface area contributed by atoms with Crippen LogP contribution in [-0.2, 0) is 17.8 Å². The van der Waals surface area contributed by atoms with E-state index in [-0.39, 0.29) is 5.91 Å². The highest BCUT2D eigenvalue weighted by molar-refractivity contribution is 6.30. The van der Waals surface area contributed by atoms with Gasteiger partial charge in [-0.05, 0) is 49.6 Å². The molecule has 1 N–H and O–H groups in total. The third kappa shape index (κ3) is 4.60. The van der Waals surface area contributed by atoms with Crippen molar-refractivity contribution in [2.45, 2.75) is 32.7 Å². The van der Waals surface area contributed by atoms with Crippen LogP contribution in [0, 0.1) is 6.92 Å². The predicted octanol–water partition coefficient (Wildman–Crippen LogP) is 4.14. The zero-order valence-electron chi connectivity index (χ0n) is 14.3. The molecule has 2 aromatic carbocycles. The summed E-state index contributed by atoms with van der Waals surface area (Å²) in [5, 5.41) is 3.71. The van der Waals surface area contributed by atoms with Gasteiger partial charge >= 0.3 is 0 Å². The molecule has 1 heterocycles. The second-order valence-electron chi connectivity index (χ2n) is 6.13. The quantitative estimate of drug-likeness (QED) is 0.647. The van der Waals surface area contributed by atoms with Gasteiger partial charge in [0.1, 0.15) is 5.82 Å². The minimum absolute atomic E-state index is 0.0853. The molecule has 130 valence electrons. The smallest absolute Gasteiger partial charge is 0.220 e. The molecule has 0 radical (unpaired) electrons. The molecule has 0 aliphatic rings. The minimum Gasteiger partial charge on any atom is -0.356 e. The largest absolute Gasteiger partial charge is 0.356 e. The van der Waals surface area contributed by atoms with Crippen molar-refractivity contribution in [1.82, 2.24) is 14.9 Å². The van der Waals surface area contributed by atoms with Gasteiger partial charge in [-0.25, -0.2) is 4.98 Å². The van der Waals surface area contributed by atoms with Gasteiger partial charge < -0.3 is 9.88 Å². The average molecular weight is 356 g/mol. The summed E-state index contributed by atoms with van der Waals surface area (Å²) >= 11 is 5.86. The molecule has 0 saturated heterocycles. The Kier molecular flexibility index (Phi) is 5.71. The molecule has 0 unspecified atom stereocenters. The monoisotopic (exact) mass is 355 g/mol. The van der Waals surface area contributed by atoms with E-state index >= 15 is 0 Å². The number of nitrogens with zero attached hydrogens (tertiary/aromatic N) is 2. The molecule has 0 bridgehead atoms. The number of fused-ring (bicyclic) bond motifs is 1. The highest BCUT2D eigenvalue weighted by Gasteiger charge is 2.06. The number of hydrogen-bond acceptors (Lipinski definition) is 2. The number of rotatable bonds is 7. The van der Waals surface area contributed by atoms with Crippen molar-refractivity contribution in [1.29, 1.82) is 0 Å². The summed E-state index contributed by atoms with van der Waals surface area (Å²) in [6.45, 7) is 3.54. The zero-order chi connectivity index (χ0) is 17.6. The van der Waals surface area contributed by atoms with E-state index in [0.717, 1.165) is 46.8 Å². The van der Waals surface area contributed by atoms with Gasteiger partial charge in [0.05, 0.1) is 11.0 Å². The number of carbonyl (C=O) groups excluding carboxylic acids is 1. The fourth-order valence-corrected chi connectivity index (χ4v) is 3.07. The summed E-state index contributed by atoms with van der Waals surface area (Å²) < 4.78 is 2.20. The Morgan fingerprint density at radius 3 is 2.72 bits per heavy atom. The lowest BCUT2D eigenvalue weighted by atomic mass is 10.1. The first-order valence-corrected chi connectivity index (χ1v) is 8.94. The van der Waals surface area contributed by atoms with E-state index in [1.54, 1.807) is 0 Å². The summed E-state index contributed by atoms with van der Waals surface area (Å²) in [5.41, 5.74) is 3.29. The van der Waals surface area contributed by atoms with Crippen molar-refractivity contribution in [3.05, 3.63) is 64.9 Å². The number of aromatic nitrogens is 2. The highest BCUT2D eigenvalue weighted by Crippen LogP contribution is 2.15. The molecule has 0 atom stereocenters. The molecule has 4 nitrogen and oxygen atoms in total. The number of amides is 1. The van der Waals surface area contributed by atoms with Crippen molar-refractivity contribution < 1.29 is 4.79 Å². The molecular weight excluding hydrogens is 334 g/mol. The molecule has 5 heteroatoms. The number of imidazole rings is 1. The van der Waals surface area contributed by atoms with Crippen molar-refractivity contribution in [3.63, 3.8) is 0 Å². The SMILES string of the molecule is Cc1nc2ccccc2n1CCCNC(=O)CCc1ccc(Cl)cc1. The molecule has 0 aliphatic heterocycles. The summed E-state index contributed by atoms with van der Waals surface area (Å²) in [6, 6.07) is 15.8. The van der Waals surface area contributed by atoms with Crippen molar-refractivity contribution in [3.8, 4) is 0 Å². The lowest BCUT2D eigenvalue weighted by Gasteiger charge is -2.08. The van der Waals surface area contributed by atoms with E-state index in [2.05, 4.69) is 20.9 Å². The first kappa shape index (κ1) is 17.5. The Labute approximate surface area is 152 Å². The standard InChI is InChI=1S/C20H22ClN3O/c1-15-23-18-5-2-3-6-19(18)24(15)14-4-13-22-20(25)12-9-16-7-10-17(21)11-8-16/h2-3,5-8,10-11H,4,9,12-14H2,1H3,(H,22,25). The average Bonchev–Trinajstić information content (AvgIpc) is 2.93. The Balaban J connectivity index is 1.42. The van der Waals surface area contributed by atoms with Gasteiger partial charge in [-0.1, -0.05) is 35.9 Å². The van der Waals surface area contributed by atoms with Crippen molar-refractivity contribution >= 4 is 28.5 Å². The van der Waals surface area contributed by atoms with Crippen LogP contribution in [0.2, 0.25) is 5.02 Å². The maximum atomic E-state index is 12.0. The second kappa shape index (κ2) is 8.17. The van der Waals surface area contributed by atoms with Crippen LogP contribution < -0.4 is 5.32 Å². The van der Waals surface area contributed by atoms with Gasteiger partial charge in [-0.2, -0.15) is 0 Å². The van der Waals surface area contributed by atoms with Gasteiger partial charge in [0.2, 0.25) is 5.91 Å². The van der Waals surface area contributed by atoms with E-state index in [1.165, 1.54) is 0 Å². The van der Waals surface area contributed by atoms with Gasteiger partial charge in [0.25, 0.3) is 0 Å². The molecule has 3 aromatic rings. The summed E-state index contributed by atoms with van der Waals surface area (Å²) in [6.07, 6.45) is 2.11. The van der Waals surface area contributed by atoms with Crippen LogP contribution in [0.4, 0.5) is 0 Å². The van der Waals surface area contributed by atoms with Crippen LogP contribution in [0.15, 0.2) is 48.5 Å². The van der Waals surface area contributed by atoms with Crippen molar-refractivity contribution in [2.75, 3.05) is 6.54 Å². The van der Waals surface area contributed by atoms with E-state index in [9.17, 15) is 4.79 Å². The van der Waals surface area contributed by atoms with Gasteiger partial charge in [-0.3, -0.25) is 4.79 Å². The molecule has 0 saturated carbocycles. The number of nitrogens with one attached hydrogen (secondary N) is 1. The van der Waals surface area contributed by atoms with E-state index in [1.807, 2.05) is 49.4 Å². The number of halogens is 1. The Morgan fingerprint density at radius 1 is 1.16 bits per heavy atom. The van der Waals surface area contributed by atoms with Crippen LogP contribution in [0.3, 0.4) is 0 Å². The lowest BCUT2D eigenvalue weighted by molar-refractivity contribution is -0.121. The van der Waals surface area contributed by atoms with Crippen LogP contribution >= 0.6 is 11.6 Å². The third-order valence-electron chi connectivity index (χ3n) is 4.28. The van der Waals surface area contributed by atoms with E-state index in [4.69, 9.17) is 11.6 Å². The first-order chi connectivity index (χ1) is 12.1. The summed E-state index contributed by atoms with van der Waals surface area (Å²) in [7, 11) is 0. The number of hydrogen-bond donors (Lipinski definition) is 1. The molecule has 25 heavy (non-hydrogen) atoms. The maximum absolute atomic E-state index is 12.0. The summed E-state index contributed by atoms with van der Waals surface area (Å²) in [5.74, 6) is 1.09. The number of carbonyl (C=O) groups is 1. The molecule has 3 rings (SSSR count). The Hall–Kier alpha value is -2.33. The molecule has 0 spiro atoms. The van der Waals surface area contributed by atoms with Gasteiger partial charge in [-0.15, -0.1) is 0 Å². The summed E-state index contributed by atoms with van der Waals surface area (Å²) in [4.78, 5) is 16.5. The maximum Gasteiger partial charge on any atom is 0.220 e. The zero-order valence-corrected chi connectivity index (χ0v) is 15.1. The van der Waals surface area contributed by atoms with E-state index < -0.39 is 0 Å². The lowest BCUT2D eigenvalue weighted by Crippen LogP contribution is -2.25. The molecule has 1 amide bonds. The normalized spacial score (nSPS) is 11.0. The highest BCUT2D eigenvalue weighted by atomic mass is 35.5. The number of aryl methyl sites for hydroxylation is 3. The van der Waals surface area contributed by atoms with Crippen LogP contribution in [-0.4, -0.2) is 22.0 Å². The van der Waals surface area contributed by atoms with E-state index in [0.29, 0.717) is 13.0 Å². The number of para-hydroxylation sites is 2. The molecule has 0 fully saturated rings. The topological polar surface area (TPSA) is 46.9 Å². The number of benzene rings is 2. The fraction of sp³-hybridized carbons (Fsp3) is 0.300. The van der Waals surface area contributed by atoms with Crippen LogP contribution in [0.5, 0.6) is 0 Å². The molecule has 0 aliphatic carbocycles. The fourth-order valence-electron chi connectivity index (χ4n) is 2.94.